The monoisotopic (exact) mass is 328 g/mol. The summed E-state index contributed by atoms with van der Waals surface area (Å²) < 4.78 is 1.36. The number of piperidine rings is 1. The lowest BCUT2D eigenvalue weighted by molar-refractivity contribution is 0.456. The quantitative estimate of drug-likeness (QED) is 0.687. The predicted molar refractivity (Wildman–Crippen MR) is 89.6 cm³/mol. The number of nitrogens with two attached hydrogens (primary N) is 1. The van der Waals surface area contributed by atoms with Crippen molar-refractivity contribution >= 4 is 22.0 Å². The van der Waals surface area contributed by atoms with Crippen LogP contribution < -0.4 is 16.6 Å². The number of benzene rings is 1. The number of anilines is 1. The van der Waals surface area contributed by atoms with Gasteiger partial charge in [0.15, 0.2) is 5.69 Å². The Kier molecular flexibility index (Phi) is 3.55. The average molecular weight is 328 g/mol. The molecule has 1 aliphatic heterocycles. The molecule has 0 spiro atoms. The minimum atomic E-state index is -0.274. The number of aromatic nitrogens is 4. The number of hydrogen-bond donors (Lipinski definition) is 2. The normalized spacial score (nSPS) is 16.0. The molecule has 1 fully saturated rings. The highest BCUT2D eigenvalue weighted by molar-refractivity contribution is 7.16. The molecule has 0 radical (unpaired) electrons. The van der Waals surface area contributed by atoms with Gasteiger partial charge in [-0.3, -0.25) is 4.79 Å². The number of nitrogen functional groups attached to an aromatic ring is 1. The van der Waals surface area contributed by atoms with Crippen LogP contribution in [-0.2, 0) is 0 Å². The molecule has 118 valence electrons. The molecule has 0 aliphatic carbocycles. The van der Waals surface area contributed by atoms with Crippen molar-refractivity contribution < 1.29 is 0 Å². The van der Waals surface area contributed by atoms with Gasteiger partial charge >= 0.3 is 5.56 Å². The second-order valence-corrected chi connectivity index (χ2v) is 6.59. The van der Waals surface area contributed by atoms with E-state index >= 15 is 0 Å². The Labute approximate surface area is 136 Å². The van der Waals surface area contributed by atoms with Crippen LogP contribution in [0.25, 0.3) is 16.2 Å². The van der Waals surface area contributed by atoms with Crippen molar-refractivity contribution in [1.29, 1.82) is 0 Å². The van der Waals surface area contributed by atoms with Crippen LogP contribution >= 0.6 is 11.3 Å². The molecule has 0 unspecified atom stereocenters. The summed E-state index contributed by atoms with van der Waals surface area (Å²) in [4.78, 5) is 13.2. The Hall–Kier alpha value is -2.32. The van der Waals surface area contributed by atoms with Crippen molar-refractivity contribution in [3.63, 3.8) is 0 Å². The summed E-state index contributed by atoms with van der Waals surface area (Å²) >= 11 is 1.45. The van der Waals surface area contributed by atoms with Crippen LogP contribution in [-0.4, -0.2) is 32.9 Å². The minimum Gasteiger partial charge on any atom is -0.398 e. The lowest BCUT2D eigenvalue weighted by Crippen LogP contribution is -2.27. The number of hydrogen-bond acceptors (Lipinski definition) is 7. The Morgan fingerprint density at radius 2 is 2.00 bits per heavy atom. The third kappa shape index (κ3) is 2.49. The number of rotatable bonds is 2. The molecule has 3 aromatic rings. The summed E-state index contributed by atoms with van der Waals surface area (Å²) in [5, 5.41) is 17.1. The Morgan fingerprint density at radius 3 is 2.78 bits per heavy atom. The lowest BCUT2D eigenvalue weighted by Gasteiger charge is -2.19. The van der Waals surface area contributed by atoms with Crippen molar-refractivity contribution in [2.45, 2.75) is 18.8 Å². The van der Waals surface area contributed by atoms with Gasteiger partial charge in [0.2, 0.25) is 4.96 Å². The molecule has 0 amide bonds. The highest BCUT2D eigenvalue weighted by Crippen LogP contribution is 2.28. The Balaban J connectivity index is 1.82. The molecular formula is C15H16N6OS. The fraction of sp³-hybridized carbons (Fsp3) is 0.333. The summed E-state index contributed by atoms with van der Waals surface area (Å²) in [7, 11) is 0. The van der Waals surface area contributed by atoms with Gasteiger partial charge in [-0.1, -0.05) is 29.5 Å². The van der Waals surface area contributed by atoms with E-state index in [1.54, 1.807) is 12.1 Å². The maximum atomic E-state index is 12.7. The molecular weight excluding hydrogens is 312 g/mol. The third-order valence-electron chi connectivity index (χ3n) is 4.11. The maximum Gasteiger partial charge on any atom is 0.302 e. The lowest BCUT2D eigenvalue weighted by atomic mass is 9.99. The molecule has 0 bridgehead atoms. The first-order valence-electron chi connectivity index (χ1n) is 7.56. The van der Waals surface area contributed by atoms with E-state index in [0.29, 0.717) is 22.1 Å². The van der Waals surface area contributed by atoms with Crippen LogP contribution in [0.3, 0.4) is 0 Å². The number of nitrogens with one attached hydrogen (secondary N) is 1. The molecule has 8 heteroatoms. The molecule has 0 atom stereocenters. The second-order valence-electron chi connectivity index (χ2n) is 5.60. The Morgan fingerprint density at radius 1 is 1.22 bits per heavy atom. The van der Waals surface area contributed by atoms with Crippen molar-refractivity contribution in [1.82, 2.24) is 25.1 Å². The van der Waals surface area contributed by atoms with Gasteiger partial charge in [0, 0.05) is 17.2 Å². The second kappa shape index (κ2) is 5.71. The standard InChI is InChI=1S/C15H16N6OS/c16-11-4-2-1-3-10(11)12-14(22)21-15(19-18-12)23-13(20-21)9-5-7-17-8-6-9/h1-4,9,17H,5-8,16H2. The molecule has 1 saturated heterocycles. The van der Waals surface area contributed by atoms with Crippen molar-refractivity contribution in [3.8, 4) is 11.3 Å². The summed E-state index contributed by atoms with van der Waals surface area (Å²) in [6.45, 7) is 1.96. The molecule has 4 rings (SSSR count). The van der Waals surface area contributed by atoms with Gasteiger partial charge in [-0.2, -0.15) is 9.61 Å². The number of nitrogens with zero attached hydrogens (tertiary/aromatic N) is 4. The van der Waals surface area contributed by atoms with Crippen LogP contribution in [0.2, 0.25) is 0 Å². The van der Waals surface area contributed by atoms with Gasteiger partial charge in [0.25, 0.3) is 0 Å². The average Bonchev–Trinajstić information content (AvgIpc) is 3.02. The van der Waals surface area contributed by atoms with Crippen molar-refractivity contribution in [2.24, 2.45) is 0 Å². The summed E-state index contributed by atoms with van der Waals surface area (Å²) in [6, 6.07) is 7.16. The molecule has 1 aromatic carbocycles. The van der Waals surface area contributed by atoms with E-state index in [1.807, 2.05) is 12.1 Å². The molecule has 2 aromatic heterocycles. The first-order valence-corrected chi connectivity index (χ1v) is 8.38. The van der Waals surface area contributed by atoms with Crippen LogP contribution in [0.1, 0.15) is 23.8 Å². The van der Waals surface area contributed by atoms with Gasteiger partial charge in [0.1, 0.15) is 5.01 Å². The number of fused-ring (bicyclic) bond motifs is 1. The summed E-state index contributed by atoms with van der Waals surface area (Å²) in [6.07, 6.45) is 2.06. The molecule has 3 N–H and O–H groups in total. The molecule has 7 nitrogen and oxygen atoms in total. The topological polar surface area (TPSA) is 98.2 Å². The van der Waals surface area contributed by atoms with Crippen LogP contribution in [0.5, 0.6) is 0 Å². The SMILES string of the molecule is Nc1ccccc1-c1nnc2sc(C3CCNCC3)nn2c1=O. The highest BCUT2D eigenvalue weighted by Gasteiger charge is 2.21. The van der Waals surface area contributed by atoms with Gasteiger partial charge in [-0.25, -0.2) is 0 Å². The highest BCUT2D eigenvalue weighted by atomic mass is 32.1. The molecule has 0 saturated carbocycles. The summed E-state index contributed by atoms with van der Waals surface area (Å²) in [5.74, 6) is 0.382. The van der Waals surface area contributed by atoms with Crippen molar-refractivity contribution in [3.05, 3.63) is 39.6 Å². The van der Waals surface area contributed by atoms with E-state index in [1.165, 1.54) is 15.9 Å². The van der Waals surface area contributed by atoms with E-state index in [2.05, 4.69) is 20.6 Å². The van der Waals surface area contributed by atoms with Gasteiger partial charge < -0.3 is 11.1 Å². The fourth-order valence-electron chi connectivity index (χ4n) is 2.85. The largest absolute Gasteiger partial charge is 0.398 e. The van der Waals surface area contributed by atoms with E-state index in [4.69, 9.17) is 5.73 Å². The van der Waals surface area contributed by atoms with Gasteiger partial charge in [0.05, 0.1) is 0 Å². The van der Waals surface area contributed by atoms with Crippen LogP contribution in [0.15, 0.2) is 29.1 Å². The van der Waals surface area contributed by atoms with E-state index in [0.717, 1.165) is 30.9 Å². The van der Waals surface area contributed by atoms with Crippen LogP contribution in [0.4, 0.5) is 5.69 Å². The predicted octanol–water partition coefficient (Wildman–Crippen LogP) is 1.26. The third-order valence-corrected chi connectivity index (χ3v) is 5.17. The van der Waals surface area contributed by atoms with E-state index < -0.39 is 0 Å². The zero-order valence-corrected chi connectivity index (χ0v) is 13.2. The van der Waals surface area contributed by atoms with Crippen LogP contribution in [0, 0.1) is 0 Å². The fourth-order valence-corrected chi connectivity index (χ4v) is 3.85. The zero-order valence-electron chi connectivity index (χ0n) is 12.4. The molecule has 1 aliphatic rings. The maximum absolute atomic E-state index is 12.7. The van der Waals surface area contributed by atoms with Crippen molar-refractivity contribution in [2.75, 3.05) is 18.8 Å². The van der Waals surface area contributed by atoms with Gasteiger partial charge in [-0.15, -0.1) is 10.2 Å². The molecule has 23 heavy (non-hydrogen) atoms. The van der Waals surface area contributed by atoms with E-state index in [-0.39, 0.29) is 11.3 Å². The minimum absolute atomic E-state index is 0.239. The summed E-state index contributed by atoms with van der Waals surface area (Å²) in [5.41, 5.74) is 7.01. The van der Waals surface area contributed by atoms with Gasteiger partial charge in [-0.05, 0) is 32.0 Å². The first-order chi connectivity index (χ1) is 11.2. The van der Waals surface area contributed by atoms with E-state index in [9.17, 15) is 4.79 Å². The first kappa shape index (κ1) is 14.3. The zero-order chi connectivity index (χ0) is 15.8. The smallest absolute Gasteiger partial charge is 0.302 e. The molecule has 3 heterocycles. The Bertz CT molecular complexity index is 912. The number of para-hydroxylation sites is 1.